The van der Waals surface area contributed by atoms with Crippen molar-refractivity contribution in [2.75, 3.05) is 64.2 Å². The monoisotopic (exact) mass is 1460 g/mol. The van der Waals surface area contributed by atoms with Gasteiger partial charge in [-0.15, -0.1) is 0 Å². The van der Waals surface area contributed by atoms with Crippen molar-refractivity contribution < 1.29 is 64.5 Å². The molecule has 6 amide bonds. The van der Waals surface area contributed by atoms with Crippen LogP contribution in [0, 0.1) is 21.4 Å². The van der Waals surface area contributed by atoms with Gasteiger partial charge in [-0.2, -0.15) is 0 Å². The van der Waals surface area contributed by atoms with Crippen LogP contribution in [0.25, 0.3) is 0 Å². The molecule has 56 heavy (non-hydrogen) atoms. The van der Waals surface area contributed by atoms with Crippen LogP contribution in [0.2, 0.25) is 0 Å². The van der Waals surface area contributed by atoms with Gasteiger partial charge in [0.1, 0.15) is 13.2 Å². The van der Waals surface area contributed by atoms with Gasteiger partial charge in [0.15, 0.2) is 11.4 Å². The summed E-state index contributed by atoms with van der Waals surface area (Å²) in [6, 6.07) is 0. The average molecular weight is 1460 g/mol. The Morgan fingerprint density at radius 1 is 0.571 bits per heavy atom. The predicted molar refractivity (Wildman–Crippen MR) is 251 cm³/mol. The second-order valence-electron chi connectivity index (χ2n) is 12.3. The molecular weight excluding hydrogens is 1430 g/mol. The number of hydrogen-bond donors (Lipinski definition) is 11. The van der Waals surface area contributed by atoms with Gasteiger partial charge in [0.05, 0.1) is 67.2 Å². The van der Waals surface area contributed by atoms with Crippen LogP contribution in [0.4, 0.5) is 11.4 Å². The molecule has 0 radical (unpaired) electrons. The zero-order valence-electron chi connectivity index (χ0n) is 29.6. The van der Waals surface area contributed by atoms with Crippen molar-refractivity contribution in [3.05, 3.63) is 43.7 Å². The standard InChI is InChI=1S/C31H36I6N6O13/c1-30(55,9-46)40-26(51)14-18(32)16(22(36)24(20(14)34)38-12(49)7-44)28(53)42(3)5-11(48)6-43(4)29(54)17-19(33)15(27(52)41-31(2,56)10-47)21(35)25(23(17)37)39-13(50)8-45/h11,44-48,55-56H,5-10H2,1-4H3,(H,38,49)(H,39,50)(H,40,51)(H,41,52). The van der Waals surface area contributed by atoms with E-state index in [0.717, 1.165) is 23.6 Å². The minimum absolute atomic E-state index is 0.00592. The minimum Gasteiger partial charge on any atom is -0.391 e. The van der Waals surface area contributed by atoms with Gasteiger partial charge in [-0.3, -0.25) is 28.8 Å². The van der Waals surface area contributed by atoms with Gasteiger partial charge in [0.2, 0.25) is 11.8 Å². The molecule has 0 spiro atoms. The second kappa shape index (κ2) is 21.7. The first-order valence-corrected chi connectivity index (χ1v) is 22.0. The number of amides is 6. The van der Waals surface area contributed by atoms with Gasteiger partial charge >= 0.3 is 0 Å². The number of anilines is 2. The molecule has 11 N–H and O–H groups in total. The Morgan fingerprint density at radius 3 is 1.12 bits per heavy atom. The van der Waals surface area contributed by atoms with Crippen molar-refractivity contribution in [3.8, 4) is 0 Å². The van der Waals surface area contributed by atoms with Crippen LogP contribution in [0.15, 0.2) is 0 Å². The molecule has 0 bridgehead atoms. The summed E-state index contributed by atoms with van der Waals surface area (Å²) >= 11 is 10.6. The number of nitrogens with one attached hydrogen (secondary N) is 4. The summed E-state index contributed by atoms with van der Waals surface area (Å²) in [5, 5.41) is 78.9. The highest BCUT2D eigenvalue weighted by atomic mass is 127. The molecule has 2 rings (SSSR count). The number of rotatable bonds is 16. The number of nitrogens with zero attached hydrogens (tertiary/aromatic N) is 2. The highest BCUT2D eigenvalue weighted by molar-refractivity contribution is 14.1. The molecule has 310 valence electrons. The zero-order valence-corrected chi connectivity index (χ0v) is 42.5. The molecule has 0 fully saturated rings. The summed E-state index contributed by atoms with van der Waals surface area (Å²) in [4.78, 5) is 81.4. The number of benzene rings is 2. The maximum absolute atomic E-state index is 14.0. The average Bonchev–Trinajstić information content (AvgIpc) is 3.10. The molecule has 0 heterocycles. The third-order valence-corrected chi connectivity index (χ3v) is 13.8. The fourth-order valence-electron chi connectivity index (χ4n) is 4.61. The van der Waals surface area contributed by atoms with E-state index >= 15 is 0 Å². The first-order chi connectivity index (χ1) is 25.8. The second-order valence-corrected chi connectivity index (χ2v) is 18.8. The Hall–Kier alpha value is -0.640. The van der Waals surface area contributed by atoms with Crippen molar-refractivity contribution in [2.45, 2.75) is 31.4 Å². The highest BCUT2D eigenvalue weighted by Crippen LogP contribution is 2.38. The van der Waals surface area contributed by atoms with Crippen LogP contribution in [-0.4, -0.2) is 152 Å². The molecule has 0 saturated carbocycles. The van der Waals surface area contributed by atoms with Gasteiger partial charge in [0.25, 0.3) is 23.6 Å². The molecule has 0 aliphatic carbocycles. The predicted octanol–water partition coefficient (Wildman–Crippen LogP) is 0.242. The molecule has 25 heteroatoms. The van der Waals surface area contributed by atoms with Crippen LogP contribution < -0.4 is 21.3 Å². The first-order valence-electron chi connectivity index (χ1n) is 15.5. The molecule has 2 unspecified atom stereocenters. The molecule has 0 aliphatic rings. The van der Waals surface area contributed by atoms with Gasteiger partial charge in [0, 0.05) is 34.3 Å². The Morgan fingerprint density at radius 2 is 0.857 bits per heavy atom. The van der Waals surface area contributed by atoms with E-state index in [1.165, 1.54) is 14.1 Å². The van der Waals surface area contributed by atoms with Crippen LogP contribution in [-0.2, 0) is 9.59 Å². The lowest BCUT2D eigenvalue weighted by Crippen LogP contribution is -2.49. The summed E-state index contributed by atoms with van der Waals surface area (Å²) < 4.78 is 0.847. The molecule has 0 aromatic heterocycles. The van der Waals surface area contributed by atoms with Crippen LogP contribution in [0.5, 0.6) is 0 Å². The molecule has 2 aromatic carbocycles. The van der Waals surface area contributed by atoms with Gasteiger partial charge in [-0.05, 0) is 149 Å². The quantitative estimate of drug-likeness (QED) is 0.0795. The Labute approximate surface area is 401 Å². The number of aliphatic hydroxyl groups excluding tert-OH is 5. The molecule has 0 aliphatic heterocycles. The Bertz CT molecular complexity index is 1780. The molecule has 0 saturated heterocycles. The smallest absolute Gasteiger partial charge is 0.255 e. The topological polar surface area (TPSA) is 299 Å². The third kappa shape index (κ3) is 12.7. The minimum atomic E-state index is -2.05. The number of carbonyl (C=O) groups excluding carboxylic acids is 6. The number of aliphatic hydroxyl groups is 7. The number of likely N-dealkylation sites (N-methyl/N-ethyl adjacent to an activating group) is 2. The highest BCUT2D eigenvalue weighted by Gasteiger charge is 2.35. The number of halogens is 6. The van der Waals surface area contributed by atoms with Crippen molar-refractivity contribution in [3.63, 3.8) is 0 Å². The largest absolute Gasteiger partial charge is 0.391 e. The van der Waals surface area contributed by atoms with Crippen molar-refractivity contribution in [1.82, 2.24) is 20.4 Å². The van der Waals surface area contributed by atoms with E-state index in [9.17, 15) is 64.5 Å². The maximum atomic E-state index is 14.0. The van der Waals surface area contributed by atoms with E-state index in [-0.39, 0.29) is 68.1 Å². The van der Waals surface area contributed by atoms with E-state index < -0.39 is 79.4 Å². The van der Waals surface area contributed by atoms with E-state index in [4.69, 9.17) is 0 Å². The number of hydrogen-bond acceptors (Lipinski definition) is 13. The normalized spacial score (nSPS) is 13.8. The lowest BCUT2D eigenvalue weighted by molar-refractivity contribution is -0.119. The lowest BCUT2D eigenvalue weighted by atomic mass is 10.1. The van der Waals surface area contributed by atoms with Crippen molar-refractivity contribution in [2.24, 2.45) is 0 Å². The van der Waals surface area contributed by atoms with E-state index in [1.807, 2.05) is 0 Å². The van der Waals surface area contributed by atoms with Crippen molar-refractivity contribution in [1.29, 1.82) is 0 Å². The number of carbonyl (C=O) groups is 6. The summed E-state index contributed by atoms with van der Waals surface area (Å²) in [5.74, 6) is -4.96. The van der Waals surface area contributed by atoms with E-state index in [2.05, 4.69) is 21.3 Å². The summed E-state index contributed by atoms with van der Waals surface area (Å²) in [7, 11) is 2.68. The summed E-state index contributed by atoms with van der Waals surface area (Å²) in [5.41, 5.74) is -4.53. The molecule has 2 atom stereocenters. The SMILES string of the molecule is CN(CC(O)CN(C)C(=O)c1c(I)c(NC(=O)CO)c(I)c(C(=O)NC(C)(O)CO)c1I)C(=O)c1c(I)c(NC(=O)CO)c(I)c(C(=O)NC(C)(O)CO)c1I. The maximum Gasteiger partial charge on any atom is 0.255 e. The Kier molecular flexibility index (Phi) is 20.0. The summed E-state index contributed by atoms with van der Waals surface area (Å²) in [6.07, 6.45) is -1.40. The fourth-order valence-corrected chi connectivity index (χ4v) is 13.4. The molecule has 2 aromatic rings. The van der Waals surface area contributed by atoms with Crippen molar-refractivity contribution >= 4 is 182 Å². The van der Waals surface area contributed by atoms with E-state index in [1.54, 1.807) is 136 Å². The van der Waals surface area contributed by atoms with Gasteiger partial charge < -0.3 is 66.8 Å². The van der Waals surface area contributed by atoms with Crippen LogP contribution in [0.3, 0.4) is 0 Å². The van der Waals surface area contributed by atoms with Crippen LogP contribution >= 0.6 is 136 Å². The van der Waals surface area contributed by atoms with Crippen LogP contribution in [0.1, 0.15) is 55.3 Å². The molecular formula is C31H36I6N6O13. The lowest BCUT2D eigenvalue weighted by Gasteiger charge is -2.28. The third-order valence-electron chi connectivity index (χ3n) is 7.38. The molecule has 19 nitrogen and oxygen atoms in total. The Balaban J connectivity index is 2.55. The van der Waals surface area contributed by atoms with Gasteiger partial charge in [-0.1, -0.05) is 0 Å². The zero-order chi connectivity index (χ0) is 43.2. The first kappa shape index (κ1) is 51.5. The summed E-state index contributed by atoms with van der Waals surface area (Å²) in [6.45, 7) is -2.00. The van der Waals surface area contributed by atoms with E-state index in [0.29, 0.717) is 0 Å². The van der Waals surface area contributed by atoms with Gasteiger partial charge in [-0.25, -0.2) is 0 Å². The fraction of sp³-hybridized carbons (Fsp3) is 0.419.